The minimum atomic E-state index is -0.145. The van der Waals surface area contributed by atoms with E-state index in [9.17, 15) is 9.59 Å². The van der Waals surface area contributed by atoms with Gasteiger partial charge in [0.15, 0.2) is 0 Å². The highest BCUT2D eigenvalue weighted by Gasteiger charge is 2.05. The number of pyridine rings is 1. The smallest absolute Gasteiger partial charge is 0.227 e. The summed E-state index contributed by atoms with van der Waals surface area (Å²) in [5.74, 6) is 0.402. The van der Waals surface area contributed by atoms with Gasteiger partial charge in [-0.3, -0.25) is 9.59 Å². The largest absolute Gasteiger partial charge is 0.356 e. The standard InChI is InChI=1S/C14H21N3O2/c1-3-4-8-13(18)15-10-9-14(19)17-12-7-5-6-11(2)16-12/h5-7H,3-4,8-10H2,1-2H3,(H,15,18)(H,16,17,19). The van der Waals surface area contributed by atoms with Gasteiger partial charge in [-0.05, 0) is 25.5 Å². The molecular formula is C14H21N3O2. The second kappa shape index (κ2) is 8.24. The summed E-state index contributed by atoms with van der Waals surface area (Å²) in [6, 6.07) is 5.44. The van der Waals surface area contributed by atoms with E-state index in [1.54, 1.807) is 6.07 Å². The predicted octanol–water partition coefficient (Wildman–Crippen LogP) is 2.03. The van der Waals surface area contributed by atoms with Crippen molar-refractivity contribution in [2.75, 3.05) is 11.9 Å². The molecule has 1 aromatic heterocycles. The topological polar surface area (TPSA) is 71.1 Å². The van der Waals surface area contributed by atoms with Crippen LogP contribution in [0.4, 0.5) is 5.82 Å². The zero-order chi connectivity index (χ0) is 14.1. The Morgan fingerprint density at radius 3 is 2.68 bits per heavy atom. The number of rotatable bonds is 7. The summed E-state index contributed by atoms with van der Waals surface area (Å²) >= 11 is 0. The van der Waals surface area contributed by atoms with Gasteiger partial charge in [-0.25, -0.2) is 4.98 Å². The molecule has 2 amide bonds. The molecule has 0 atom stereocenters. The van der Waals surface area contributed by atoms with Crippen LogP contribution >= 0.6 is 0 Å². The highest BCUT2D eigenvalue weighted by molar-refractivity contribution is 5.90. The monoisotopic (exact) mass is 263 g/mol. The van der Waals surface area contributed by atoms with Crippen molar-refractivity contribution in [3.63, 3.8) is 0 Å². The van der Waals surface area contributed by atoms with Crippen molar-refractivity contribution in [3.05, 3.63) is 23.9 Å². The molecule has 0 unspecified atom stereocenters. The van der Waals surface area contributed by atoms with Crippen molar-refractivity contribution in [2.45, 2.75) is 39.5 Å². The normalized spacial score (nSPS) is 10.0. The Hall–Kier alpha value is -1.91. The zero-order valence-electron chi connectivity index (χ0n) is 11.5. The fourth-order valence-electron chi connectivity index (χ4n) is 1.56. The molecule has 0 saturated heterocycles. The molecule has 0 saturated carbocycles. The molecule has 0 aliphatic heterocycles. The number of nitrogens with one attached hydrogen (secondary N) is 2. The van der Waals surface area contributed by atoms with Gasteiger partial charge in [-0.1, -0.05) is 19.4 Å². The van der Waals surface area contributed by atoms with Crippen molar-refractivity contribution >= 4 is 17.6 Å². The van der Waals surface area contributed by atoms with Gasteiger partial charge in [-0.2, -0.15) is 0 Å². The maximum Gasteiger partial charge on any atom is 0.227 e. The molecule has 0 bridgehead atoms. The van der Waals surface area contributed by atoms with E-state index in [0.717, 1.165) is 18.5 Å². The molecule has 0 fully saturated rings. The van der Waals surface area contributed by atoms with Crippen LogP contribution in [-0.4, -0.2) is 23.3 Å². The number of amides is 2. The molecule has 1 aromatic rings. The van der Waals surface area contributed by atoms with Crippen LogP contribution in [0.25, 0.3) is 0 Å². The first-order chi connectivity index (χ1) is 9.11. The van der Waals surface area contributed by atoms with Crippen molar-refractivity contribution in [2.24, 2.45) is 0 Å². The predicted molar refractivity (Wildman–Crippen MR) is 74.8 cm³/mol. The fourth-order valence-corrected chi connectivity index (χ4v) is 1.56. The Labute approximate surface area is 113 Å². The van der Waals surface area contributed by atoms with Crippen LogP contribution in [0.3, 0.4) is 0 Å². The van der Waals surface area contributed by atoms with Crippen LogP contribution in [-0.2, 0) is 9.59 Å². The van der Waals surface area contributed by atoms with Gasteiger partial charge in [-0.15, -0.1) is 0 Å². The fraction of sp³-hybridized carbons (Fsp3) is 0.500. The number of carbonyl (C=O) groups excluding carboxylic acids is 2. The van der Waals surface area contributed by atoms with Crippen LogP contribution < -0.4 is 10.6 Å². The third-order valence-electron chi connectivity index (χ3n) is 2.59. The number of unbranched alkanes of at least 4 members (excludes halogenated alkanes) is 1. The Balaban J connectivity index is 2.23. The van der Waals surface area contributed by atoms with E-state index in [1.807, 2.05) is 26.0 Å². The van der Waals surface area contributed by atoms with Gasteiger partial charge >= 0.3 is 0 Å². The number of nitrogens with zero attached hydrogens (tertiary/aromatic N) is 1. The summed E-state index contributed by atoms with van der Waals surface area (Å²) in [4.78, 5) is 27.1. The zero-order valence-corrected chi connectivity index (χ0v) is 11.5. The second-order valence-electron chi connectivity index (χ2n) is 4.42. The third-order valence-corrected chi connectivity index (χ3v) is 2.59. The number of hydrogen-bond donors (Lipinski definition) is 2. The maximum atomic E-state index is 11.6. The van der Waals surface area contributed by atoms with E-state index in [2.05, 4.69) is 15.6 Å². The molecule has 0 aliphatic rings. The van der Waals surface area contributed by atoms with E-state index in [1.165, 1.54) is 0 Å². The van der Waals surface area contributed by atoms with Crippen LogP contribution in [0, 0.1) is 6.92 Å². The lowest BCUT2D eigenvalue weighted by atomic mass is 10.2. The SMILES string of the molecule is CCCCC(=O)NCCC(=O)Nc1cccc(C)n1. The quantitative estimate of drug-likeness (QED) is 0.790. The molecule has 0 aromatic carbocycles. The molecule has 0 aliphatic carbocycles. The maximum absolute atomic E-state index is 11.6. The van der Waals surface area contributed by atoms with Crippen molar-refractivity contribution in [1.82, 2.24) is 10.3 Å². The molecule has 5 heteroatoms. The van der Waals surface area contributed by atoms with E-state index >= 15 is 0 Å². The van der Waals surface area contributed by atoms with Gasteiger partial charge in [0.25, 0.3) is 0 Å². The summed E-state index contributed by atoms with van der Waals surface area (Å²) in [5.41, 5.74) is 0.852. The molecule has 1 heterocycles. The molecular weight excluding hydrogens is 242 g/mol. The average molecular weight is 263 g/mol. The first-order valence-electron chi connectivity index (χ1n) is 6.62. The molecule has 1 rings (SSSR count). The summed E-state index contributed by atoms with van der Waals surface area (Å²) in [7, 11) is 0. The van der Waals surface area contributed by atoms with E-state index < -0.39 is 0 Å². The highest BCUT2D eigenvalue weighted by Crippen LogP contribution is 2.03. The van der Waals surface area contributed by atoms with Crippen LogP contribution in [0.1, 0.15) is 38.3 Å². The number of anilines is 1. The second-order valence-corrected chi connectivity index (χ2v) is 4.42. The van der Waals surface area contributed by atoms with Crippen molar-refractivity contribution in [1.29, 1.82) is 0 Å². The van der Waals surface area contributed by atoms with E-state index in [0.29, 0.717) is 18.8 Å². The summed E-state index contributed by atoms with van der Waals surface area (Å²) < 4.78 is 0. The van der Waals surface area contributed by atoms with Gasteiger partial charge in [0.05, 0.1) is 0 Å². The first kappa shape index (κ1) is 15.1. The summed E-state index contributed by atoms with van der Waals surface area (Å²) in [6.07, 6.45) is 2.66. The van der Waals surface area contributed by atoms with Crippen LogP contribution in [0.2, 0.25) is 0 Å². The van der Waals surface area contributed by atoms with Gasteiger partial charge in [0, 0.05) is 25.1 Å². The van der Waals surface area contributed by atoms with Gasteiger partial charge < -0.3 is 10.6 Å². The first-order valence-corrected chi connectivity index (χ1v) is 6.62. The van der Waals surface area contributed by atoms with E-state index in [4.69, 9.17) is 0 Å². The molecule has 2 N–H and O–H groups in total. The van der Waals surface area contributed by atoms with Gasteiger partial charge in [0.1, 0.15) is 5.82 Å². The lowest BCUT2D eigenvalue weighted by Gasteiger charge is -2.06. The minimum absolute atomic E-state index is 0.00308. The molecule has 19 heavy (non-hydrogen) atoms. The van der Waals surface area contributed by atoms with Crippen molar-refractivity contribution in [3.8, 4) is 0 Å². The third kappa shape index (κ3) is 6.55. The van der Waals surface area contributed by atoms with E-state index in [-0.39, 0.29) is 18.2 Å². The number of carbonyl (C=O) groups is 2. The minimum Gasteiger partial charge on any atom is -0.356 e. The highest BCUT2D eigenvalue weighted by atomic mass is 16.2. The number of aryl methyl sites for hydroxylation is 1. The molecule has 104 valence electrons. The summed E-state index contributed by atoms with van der Waals surface area (Å²) in [6.45, 7) is 4.26. The Morgan fingerprint density at radius 2 is 2.00 bits per heavy atom. The number of hydrogen-bond acceptors (Lipinski definition) is 3. The Bertz CT molecular complexity index is 432. The summed E-state index contributed by atoms with van der Waals surface area (Å²) in [5, 5.41) is 5.42. The average Bonchev–Trinajstić information content (AvgIpc) is 2.36. The Morgan fingerprint density at radius 1 is 1.21 bits per heavy atom. The molecule has 5 nitrogen and oxygen atoms in total. The van der Waals surface area contributed by atoms with Crippen LogP contribution in [0.5, 0.6) is 0 Å². The molecule has 0 radical (unpaired) electrons. The number of aromatic nitrogens is 1. The van der Waals surface area contributed by atoms with Gasteiger partial charge in [0.2, 0.25) is 11.8 Å². The Kier molecular flexibility index (Phi) is 6.57. The van der Waals surface area contributed by atoms with Crippen molar-refractivity contribution < 1.29 is 9.59 Å². The van der Waals surface area contributed by atoms with Crippen LogP contribution in [0.15, 0.2) is 18.2 Å². The molecule has 0 spiro atoms. The lowest BCUT2D eigenvalue weighted by molar-refractivity contribution is -0.121. The lowest BCUT2D eigenvalue weighted by Crippen LogP contribution is -2.27.